The van der Waals surface area contributed by atoms with Gasteiger partial charge in [0, 0.05) is 66.0 Å². The van der Waals surface area contributed by atoms with E-state index in [-0.39, 0.29) is 18.1 Å². The molecule has 4 rings (SSSR count). The Kier molecular flexibility index (Phi) is 13.0. The summed E-state index contributed by atoms with van der Waals surface area (Å²) in [6, 6.07) is 14.8. The maximum atomic E-state index is 6.66. The first-order valence-electron chi connectivity index (χ1n) is 14.9. The summed E-state index contributed by atoms with van der Waals surface area (Å²) < 4.78 is 35.3. The number of hydrogen-bond acceptors (Lipinski definition) is 9. The lowest BCUT2D eigenvalue weighted by Crippen LogP contribution is -2.51. The molecule has 2 aromatic carbocycles. The van der Waals surface area contributed by atoms with Crippen LogP contribution in [0, 0.1) is 0 Å². The molecule has 1 saturated heterocycles. The Hall–Kier alpha value is -2.40. The topological polar surface area (TPSA) is 73.9 Å². The van der Waals surface area contributed by atoms with E-state index in [1.165, 1.54) is 5.56 Å². The molecule has 0 radical (unpaired) electrons. The molecule has 1 fully saturated rings. The highest BCUT2D eigenvalue weighted by atomic mass is 16.5. The predicted molar refractivity (Wildman–Crippen MR) is 162 cm³/mol. The van der Waals surface area contributed by atoms with E-state index < -0.39 is 0 Å². The molecule has 1 N–H and O–H groups in total. The Labute approximate surface area is 246 Å². The van der Waals surface area contributed by atoms with Crippen molar-refractivity contribution in [3.8, 4) is 11.5 Å². The number of methoxy groups -OCH3 is 2. The van der Waals surface area contributed by atoms with Crippen molar-refractivity contribution in [1.82, 2.24) is 10.2 Å². The van der Waals surface area contributed by atoms with Crippen molar-refractivity contribution in [1.29, 1.82) is 0 Å². The first-order chi connectivity index (χ1) is 20.1. The van der Waals surface area contributed by atoms with Crippen LogP contribution in [0.4, 0.5) is 5.69 Å². The fraction of sp³-hybridized carbons (Fsp3) is 0.625. The van der Waals surface area contributed by atoms with Crippen LogP contribution in [0.25, 0.3) is 0 Å². The Morgan fingerprint density at radius 3 is 2.41 bits per heavy atom. The van der Waals surface area contributed by atoms with E-state index in [1.54, 1.807) is 14.2 Å². The highest BCUT2D eigenvalue weighted by Gasteiger charge is 2.36. The average Bonchev–Trinajstić information content (AvgIpc) is 2.99. The second-order valence-corrected chi connectivity index (χ2v) is 11.0. The molecule has 2 aromatic rings. The van der Waals surface area contributed by atoms with E-state index in [9.17, 15) is 0 Å². The van der Waals surface area contributed by atoms with E-state index in [4.69, 9.17) is 28.4 Å². The van der Waals surface area contributed by atoms with E-state index in [1.807, 2.05) is 0 Å². The molecule has 0 aliphatic carbocycles. The van der Waals surface area contributed by atoms with Gasteiger partial charge < -0.3 is 43.5 Å². The van der Waals surface area contributed by atoms with Crippen LogP contribution < -0.4 is 19.7 Å². The molecule has 9 nitrogen and oxygen atoms in total. The van der Waals surface area contributed by atoms with E-state index in [2.05, 4.69) is 71.7 Å². The zero-order chi connectivity index (χ0) is 28.9. The van der Waals surface area contributed by atoms with E-state index >= 15 is 0 Å². The summed E-state index contributed by atoms with van der Waals surface area (Å²) in [4.78, 5) is 4.53. The Morgan fingerprint density at radius 1 is 0.902 bits per heavy atom. The standard InChI is InChI=1S/C32H49N3O6/c1-34(2)14-19-40-30-22-33-23-31(32(30)26-8-10-27(11-9-26)38-18-6-17-37-4)41-24-25-7-12-29-28(21-25)35(15-20-39-29)13-5-16-36-3/h7-12,21,30-33H,5-6,13-20,22-24H2,1-4H3/t30-,31+,32?/m1/s1. The molecular weight excluding hydrogens is 522 g/mol. The largest absolute Gasteiger partial charge is 0.494 e. The van der Waals surface area contributed by atoms with Gasteiger partial charge in [-0.1, -0.05) is 18.2 Å². The number of piperidine rings is 1. The molecule has 0 bridgehead atoms. The van der Waals surface area contributed by atoms with Crippen LogP contribution in [0.15, 0.2) is 42.5 Å². The average molecular weight is 572 g/mol. The van der Waals surface area contributed by atoms with Gasteiger partial charge in [-0.05, 0) is 55.9 Å². The number of benzene rings is 2. The highest BCUT2D eigenvalue weighted by Crippen LogP contribution is 2.35. The van der Waals surface area contributed by atoms with Crippen LogP contribution in [-0.2, 0) is 25.6 Å². The molecule has 0 aromatic heterocycles. The fourth-order valence-corrected chi connectivity index (χ4v) is 5.43. The molecule has 2 aliphatic heterocycles. The Balaban J connectivity index is 1.45. The van der Waals surface area contributed by atoms with Gasteiger partial charge in [0.15, 0.2) is 0 Å². The third kappa shape index (κ3) is 9.56. The number of anilines is 1. The number of rotatable bonds is 17. The predicted octanol–water partition coefficient (Wildman–Crippen LogP) is 3.56. The highest BCUT2D eigenvalue weighted by molar-refractivity contribution is 5.61. The van der Waals surface area contributed by atoms with Gasteiger partial charge in [0.25, 0.3) is 0 Å². The quantitative estimate of drug-likeness (QED) is 0.287. The van der Waals surface area contributed by atoms with Crippen molar-refractivity contribution < 1.29 is 28.4 Å². The van der Waals surface area contributed by atoms with Gasteiger partial charge in [-0.25, -0.2) is 0 Å². The lowest BCUT2D eigenvalue weighted by molar-refractivity contribution is -0.0616. The molecule has 3 atom stereocenters. The van der Waals surface area contributed by atoms with Crippen LogP contribution in [0.2, 0.25) is 0 Å². The molecule has 0 saturated carbocycles. The molecule has 41 heavy (non-hydrogen) atoms. The molecule has 0 spiro atoms. The fourth-order valence-electron chi connectivity index (χ4n) is 5.43. The summed E-state index contributed by atoms with van der Waals surface area (Å²) in [6.45, 7) is 8.25. The van der Waals surface area contributed by atoms with Crippen LogP contribution in [0.3, 0.4) is 0 Å². The van der Waals surface area contributed by atoms with Gasteiger partial charge in [0.1, 0.15) is 18.1 Å². The molecule has 228 valence electrons. The Bertz CT molecular complexity index is 1020. The number of nitrogens with zero attached hydrogens (tertiary/aromatic N) is 2. The SMILES string of the molecule is COCCCOc1ccc(C2[C@@H](OCc3ccc4c(c3)N(CCCOC)CCO4)CNC[C@H]2OCCN(C)C)cc1. The third-order valence-electron chi connectivity index (χ3n) is 7.61. The lowest BCUT2D eigenvalue weighted by Gasteiger charge is -2.39. The van der Waals surface area contributed by atoms with Crippen molar-refractivity contribution in [3.05, 3.63) is 53.6 Å². The summed E-state index contributed by atoms with van der Waals surface area (Å²) >= 11 is 0. The number of fused-ring (bicyclic) bond motifs is 1. The summed E-state index contributed by atoms with van der Waals surface area (Å²) in [5.74, 6) is 1.91. The lowest BCUT2D eigenvalue weighted by atomic mass is 9.85. The first kappa shape index (κ1) is 31.5. The maximum Gasteiger partial charge on any atom is 0.142 e. The minimum Gasteiger partial charge on any atom is -0.494 e. The minimum absolute atomic E-state index is 0.00961. The molecule has 0 amide bonds. The van der Waals surface area contributed by atoms with Crippen molar-refractivity contribution in [2.24, 2.45) is 0 Å². The summed E-state index contributed by atoms with van der Waals surface area (Å²) in [6.07, 6.45) is 1.82. The normalized spacial score (nSPS) is 20.6. The monoisotopic (exact) mass is 571 g/mol. The van der Waals surface area contributed by atoms with Gasteiger partial charge >= 0.3 is 0 Å². The van der Waals surface area contributed by atoms with Gasteiger partial charge in [-0.2, -0.15) is 0 Å². The van der Waals surface area contributed by atoms with Crippen LogP contribution in [0.1, 0.15) is 29.9 Å². The van der Waals surface area contributed by atoms with E-state index in [0.29, 0.717) is 33.0 Å². The van der Waals surface area contributed by atoms with Gasteiger partial charge in [-0.3, -0.25) is 0 Å². The van der Waals surface area contributed by atoms with Crippen LogP contribution >= 0.6 is 0 Å². The number of ether oxygens (including phenoxy) is 6. The van der Waals surface area contributed by atoms with Gasteiger partial charge in [-0.15, -0.1) is 0 Å². The first-order valence-corrected chi connectivity index (χ1v) is 14.9. The molecule has 2 heterocycles. The smallest absolute Gasteiger partial charge is 0.142 e. The summed E-state index contributed by atoms with van der Waals surface area (Å²) in [5, 5.41) is 3.56. The van der Waals surface area contributed by atoms with Crippen molar-refractivity contribution in [2.75, 3.05) is 99.0 Å². The van der Waals surface area contributed by atoms with Gasteiger partial charge in [0.2, 0.25) is 0 Å². The van der Waals surface area contributed by atoms with Gasteiger partial charge in [0.05, 0.1) is 44.3 Å². The second kappa shape index (κ2) is 16.9. The van der Waals surface area contributed by atoms with E-state index in [0.717, 1.165) is 74.9 Å². The number of nitrogens with one attached hydrogen (secondary N) is 1. The number of likely N-dealkylation sites (N-methyl/N-ethyl adjacent to an activating group) is 1. The summed E-state index contributed by atoms with van der Waals surface area (Å²) in [7, 11) is 7.60. The second-order valence-electron chi connectivity index (χ2n) is 11.0. The van der Waals surface area contributed by atoms with Crippen LogP contribution in [0.5, 0.6) is 11.5 Å². The third-order valence-corrected chi connectivity index (χ3v) is 7.61. The van der Waals surface area contributed by atoms with Crippen molar-refractivity contribution in [2.45, 2.75) is 37.6 Å². The minimum atomic E-state index is -0.0355. The number of hydrogen-bond donors (Lipinski definition) is 1. The zero-order valence-corrected chi connectivity index (χ0v) is 25.3. The van der Waals surface area contributed by atoms with Crippen molar-refractivity contribution >= 4 is 5.69 Å². The maximum absolute atomic E-state index is 6.66. The molecule has 2 aliphatic rings. The molecule has 1 unspecified atom stereocenters. The zero-order valence-electron chi connectivity index (χ0n) is 25.3. The molecule has 9 heteroatoms. The molecular formula is C32H49N3O6. The van der Waals surface area contributed by atoms with Crippen LogP contribution in [-0.4, -0.2) is 111 Å². The van der Waals surface area contributed by atoms with Crippen molar-refractivity contribution in [3.63, 3.8) is 0 Å². The summed E-state index contributed by atoms with van der Waals surface area (Å²) in [5.41, 5.74) is 3.48. The Morgan fingerprint density at radius 2 is 1.66 bits per heavy atom.